The lowest BCUT2D eigenvalue weighted by Gasteiger charge is -2.29. The van der Waals surface area contributed by atoms with Crippen molar-refractivity contribution in [2.45, 2.75) is 6.92 Å². The van der Waals surface area contributed by atoms with Gasteiger partial charge in [-0.15, -0.1) is 0 Å². The van der Waals surface area contributed by atoms with Gasteiger partial charge in [0.1, 0.15) is 17.2 Å². The molecule has 0 amide bonds. The summed E-state index contributed by atoms with van der Waals surface area (Å²) in [6, 6.07) is 51.8. The van der Waals surface area contributed by atoms with Gasteiger partial charge in [-0.25, -0.2) is 0 Å². The Labute approximate surface area is 269 Å². The highest BCUT2D eigenvalue weighted by Crippen LogP contribution is 2.48. The monoisotopic (exact) mass is 626 g/mol. The Hall–Kier alpha value is -4.42. The summed E-state index contributed by atoms with van der Waals surface area (Å²) in [6.45, 7) is 2.15. The molecule has 0 atom stereocenters. The van der Waals surface area contributed by atoms with Crippen LogP contribution in [-0.2, 0) is 0 Å². The Morgan fingerprint density at radius 2 is 0.756 bits per heavy atom. The van der Waals surface area contributed by atoms with E-state index in [0.717, 1.165) is 39.2 Å². The van der Waals surface area contributed by atoms with Crippen LogP contribution >= 0.6 is 15.8 Å². The second kappa shape index (κ2) is 14.1. The Bertz CT molecular complexity index is 1780. The molecule has 5 heteroatoms. The highest BCUT2D eigenvalue weighted by molar-refractivity contribution is 7.80. The number of ether oxygens (including phenoxy) is 3. The van der Waals surface area contributed by atoms with E-state index in [4.69, 9.17) is 14.2 Å². The van der Waals surface area contributed by atoms with Crippen LogP contribution in [0.25, 0.3) is 11.1 Å². The molecular weight excluding hydrogens is 590 g/mol. The largest absolute Gasteiger partial charge is 0.497 e. The van der Waals surface area contributed by atoms with E-state index in [2.05, 4.69) is 146 Å². The molecular formula is C40H36O3P2. The first-order valence-corrected chi connectivity index (χ1v) is 17.6. The van der Waals surface area contributed by atoms with Gasteiger partial charge in [-0.2, -0.15) is 0 Å². The van der Waals surface area contributed by atoms with Gasteiger partial charge in [0.05, 0.1) is 21.3 Å². The number of aryl methyl sites for hydroxylation is 1. The van der Waals surface area contributed by atoms with Gasteiger partial charge in [0.2, 0.25) is 0 Å². The molecule has 0 aliphatic rings. The molecule has 6 aromatic rings. The van der Waals surface area contributed by atoms with Gasteiger partial charge in [-0.05, 0) is 67.0 Å². The van der Waals surface area contributed by atoms with Crippen molar-refractivity contribution < 1.29 is 14.2 Å². The highest BCUT2D eigenvalue weighted by atomic mass is 31.1. The molecule has 3 nitrogen and oxygen atoms in total. The van der Waals surface area contributed by atoms with E-state index in [-0.39, 0.29) is 0 Å². The van der Waals surface area contributed by atoms with Crippen LogP contribution in [0.1, 0.15) is 5.56 Å². The quantitative estimate of drug-likeness (QED) is 0.151. The molecule has 0 saturated heterocycles. The summed E-state index contributed by atoms with van der Waals surface area (Å²) in [5.74, 6) is 2.33. The molecule has 0 fully saturated rings. The summed E-state index contributed by atoms with van der Waals surface area (Å²) in [7, 11) is 3.26. The molecule has 0 aliphatic carbocycles. The van der Waals surface area contributed by atoms with Gasteiger partial charge in [0.25, 0.3) is 0 Å². The van der Waals surface area contributed by atoms with Gasteiger partial charge < -0.3 is 14.2 Å². The van der Waals surface area contributed by atoms with E-state index in [9.17, 15) is 0 Å². The minimum absolute atomic E-state index is 0.753. The predicted molar refractivity (Wildman–Crippen MR) is 194 cm³/mol. The lowest BCUT2D eigenvalue weighted by atomic mass is 10.0. The van der Waals surface area contributed by atoms with Crippen LogP contribution in [0.3, 0.4) is 0 Å². The second-order valence-electron chi connectivity index (χ2n) is 10.6. The van der Waals surface area contributed by atoms with Crippen molar-refractivity contribution >= 4 is 47.7 Å². The lowest BCUT2D eigenvalue weighted by molar-refractivity contribution is 0.395. The summed E-state index contributed by atoms with van der Waals surface area (Å²) in [4.78, 5) is 0. The number of methoxy groups -OCH3 is 3. The first kappa shape index (κ1) is 30.6. The van der Waals surface area contributed by atoms with E-state index in [1.54, 1.807) is 21.3 Å². The van der Waals surface area contributed by atoms with Crippen LogP contribution in [0.5, 0.6) is 17.2 Å². The van der Waals surface area contributed by atoms with Gasteiger partial charge in [0.15, 0.2) is 0 Å². The molecule has 224 valence electrons. The van der Waals surface area contributed by atoms with E-state index in [1.807, 2.05) is 6.07 Å². The van der Waals surface area contributed by atoms with Gasteiger partial charge in [0, 0.05) is 22.5 Å². The third-order valence-corrected chi connectivity index (χ3v) is 12.7. The zero-order chi connectivity index (χ0) is 31.2. The molecule has 0 aromatic heterocycles. The normalized spacial score (nSPS) is 11.1. The van der Waals surface area contributed by atoms with Crippen molar-refractivity contribution in [3.8, 4) is 28.4 Å². The predicted octanol–water partition coefficient (Wildman–Crippen LogP) is 7.20. The van der Waals surface area contributed by atoms with Crippen molar-refractivity contribution in [2.24, 2.45) is 0 Å². The third-order valence-electron chi connectivity index (χ3n) is 7.75. The summed E-state index contributed by atoms with van der Waals surface area (Å²) in [6.07, 6.45) is 0. The minimum atomic E-state index is -1.01. The maximum Gasteiger partial charge on any atom is 0.131 e. The maximum atomic E-state index is 6.28. The lowest BCUT2D eigenvalue weighted by Crippen LogP contribution is -2.27. The SMILES string of the molecule is COc1cc(OC)c(-c2c(OC)cc(C)cc2P(c2ccccc2)c2ccccc2)c(P(c2ccccc2)c2ccccc2)c1. The molecule has 6 aromatic carbocycles. The Morgan fingerprint density at radius 3 is 1.11 bits per heavy atom. The van der Waals surface area contributed by atoms with E-state index >= 15 is 0 Å². The molecule has 0 bridgehead atoms. The van der Waals surface area contributed by atoms with Crippen LogP contribution < -0.4 is 46.0 Å². The molecule has 0 N–H and O–H groups in total. The molecule has 0 saturated carbocycles. The van der Waals surface area contributed by atoms with E-state index < -0.39 is 15.8 Å². The molecule has 6 rings (SSSR count). The second-order valence-corrected chi connectivity index (χ2v) is 15.0. The average Bonchev–Trinajstić information content (AvgIpc) is 3.10. The smallest absolute Gasteiger partial charge is 0.131 e. The first-order chi connectivity index (χ1) is 22.1. The standard InChI is InChI=1S/C40H36O3P2/c1-29-25-35(42-3)39(37(26-29)44(31-17-9-5-10-18-31)32-19-11-6-12-20-32)40-36(43-4)27-30(41-2)28-38(40)45(33-21-13-7-14-22-33)34-23-15-8-16-24-34/h5-28H,1-4H3. The van der Waals surface area contributed by atoms with E-state index in [0.29, 0.717) is 0 Å². The van der Waals surface area contributed by atoms with Crippen LogP contribution in [-0.4, -0.2) is 21.3 Å². The third kappa shape index (κ3) is 6.38. The van der Waals surface area contributed by atoms with Crippen LogP contribution in [0.2, 0.25) is 0 Å². The number of hydrogen-bond donors (Lipinski definition) is 0. The van der Waals surface area contributed by atoms with Crippen molar-refractivity contribution in [2.75, 3.05) is 21.3 Å². The van der Waals surface area contributed by atoms with E-state index in [1.165, 1.54) is 26.5 Å². The molecule has 0 unspecified atom stereocenters. The number of rotatable bonds is 10. The zero-order valence-corrected chi connectivity index (χ0v) is 27.8. The first-order valence-electron chi connectivity index (χ1n) is 14.9. The molecule has 0 heterocycles. The topological polar surface area (TPSA) is 27.7 Å². The maximum absolute atomic E-state index is 6.28. The Balaban J connectivity index is 1.75. The van der Waals surface area contributed by atoms with Crippen molar-refractivity contribution in [1.82, 2.24) is 0 Å². The van der Waals surface area contributed by atoms with Crippen LogP contribution in [0, 0.1) is 6.92 Å². The fourth-order valence-corrected chi connectivity index (χ4v) is 10.8. The van der Waals surface area contributed by atoms with Crippen molar-refractivity contribution in [3.05, 3.63) is 151 Å². The van der Waals surface area contributed by atoms with Crippen LogP contribution in [0.4, 0.5) is 0 Å². The van der Waals surface area contributed by atoms with Gasteiger partial charge >= 0.3 is 0 Å². The fraction of sp³-hybridized carbons (Fsp3) is 0.100. The minimum Gasteiger partial charge on any atom is -0.497 e. The fourth-order valence-electron chi connectivity index (χ4n) is 5.77. The molecule has 0 aliphatic heterocycles. The molecule has 45 heavy (non-hydrogen) atoms. The summed E-state index contributed by atoms with van der Waals surface area (Å²) >= 11 is 0. The van der Waals surface area contributed by atoms with Crippen molar-refractivity contribution in [1.29, 1.82) is 0 Å². The van der Waals surface area contributed by atoms with Gasteiger partial charge in [-0.3, -0.25) is 0 Å². The summed E-state index contributed by atoms with van der Waals surface area (Å²) < 4.78 is 18.4. The highest BCUT2D eigenvalue weighted by Gasteiger charge is 2.31. The molecule has 0 spiro atoms. The average molecular weight is 627 g/mol. The Morgan fingerprint density at radius 1 is 0.400 bits per heavy atom. The summed E-state index contributed by atoms with van der Waals surface area (Å²) in [5.41, 5.74) is 3.23. The van der Waals surface area contributed by atoms with Crippen LogP contribution in [0.15, 0.2) is 146 Å². The number of benzene rings is 6. The summed E-state index contributed by atoms with van der Waals surface area (Å²) in [5, 5.41) is 7.41. The number of hydrogen-bond acceptors (Lipinski definition) is 3. The van der Waals surface area contributed by atoms with Crippen molar-refractivity contribution in [3.63, 3.8) is 0 Å². The zero-order valence-electron chi connectivity index (χ0n) is 26.0. The molecule has 0 radical (unpaired) electrons. The Kier molecular flexibility index (Phi) is 9.61. The van der Waals surface area contributed by atoms with Gasteiger partial charge in [-0.1, -0.05) is 127 Å².